The molecule has 21 heavy (non-hydrogen) atoms. The Bertz CT molecular complexity index is 452. The molecule has 1 fully saturated rings. The number of rotatable bonds is 4. The van der Waals surface area contributed by atoms with Gasteiger partial charge in [0, 0.05) is 44.0 Å². The molecule has 1 saturated heterocycles. The quantitative estimate of drug-likeness (QED) is 0.887. The molecule has 1 aromatic heterocycles. The summed E-state index contributed by atoms with van der Waals surface area (Å²) in [5, 5.41) is 3.33. The van der Waals surface area contributed by atoms with E-state index in [1.165, 1.54) is 11.4 Å². The topological polar surface area (TPSA) is 47.2 Å². The average molecular weight is 293 g/mol. The van der Waals surface area contributed by atoms with Gasteiger partial charge in [-0.2, -0.15) is 0 Å². The van der Waals surface area contributed by atoms with E-state index in [1.54, 1.807) is 0 Å². The van der Waals surface area contributed by atoms with Crippen LogP contribution in [0.3, 0.4) is 0 Å². The lowest BCUT2D eigenvalue weighted by atomic mass is 10.0. The number of imidazole rings is 1. The lowest BCUT2D eigenvalue weighted by molar-refractivity contribution is 0.0410. The predicted molar refractivity (Wildman–Crippen MR) is 87.6 cm³/mol. The molecule has 0 spiro atoms. The van der Waals surface area contributed by atoms with Crippen LogP contribution >= 0.6 is 0 Å². The molecule has 0 amide bonds. The SMILES string of the molecule is CNCC(c1nc(C)[nH]c1C)N1CCN(C(C)(C)C)CC1. The molecule has 2 rings (SSSR count). The van der Waals surface area contributed by atoms with Crippen LogP contribution in [0, 0.1) is 13.8 Å². The Morgan fingerprint density at radius 2 is 1.81 bits per heavy atom. The van der Waals surface area contributed by atoms with Crippen molar-refractivity contribution in [1.82, 2.24) is 25.1 Å². The molecule has 0 saturated carbocycles. The van der Waals surface area contributed by atoms with Crippen LogP contribution in [0.2, 0.25) is 0 Å². The molecule has 0 aliphatic carbocycles. The lowest BCUT2D eigenvalue weighted by Gasteiger charge is -2.44. The summed E-state index contributed by atoms with van der Waals surface area (Å²) in [6.07, 6.45) is 0. The van der Waals surface area contributed by atoms with Crippen molar-refractivity contribution >= 4 is 0 Å². The molecule has 120 valence electrons. The Morgan fingerprint density at radius 3 is 2.24 bits per heavy atom. The number of H-pyrrole nitrogens is 1. The summed E-state index contributed by atoms with van der Waals surface area (Å²) in [5.41, 5.74) is 2.67. The minimum atomic E-state index is 0.267. The molecule has 1 unspecified atom stereocenters. The van der Waals surface area contributed by atoms with Crippen LogP contribution in [-0.2, 0) is 0 Å². The van der Waals surface area contributed by atoms with Gasteiger partial charge in [0.25, 0.3) is 0 Å². The Morgan fingerprint density at radius 1 is 1.19 bits per heavy atom. The number of hydrogen-bond acceptors (Lipinski definition) is 4. The number of aromatic nitrogens is 2. The van der Waals surface area contributed by atoms with E-state index in [-0.39, 0.29) is 5.54 Å². The van der Waals surface area contributed by atoms with Crippen molar-refractivity contribution in [3.63, 3.8) is 0 Å². The molecule has 0 radical (unpaired) electrons. The highest BCUT2D eigenvalue weighted by Crippen LogP contribution is 2.25. The van der Waals surface area contributed by atoms with E-state index < -0.39 is 0 Å². The Kier molecular flexibility index (Phi) is 5.07. The van der Waals surface area contributed by atoms with Crippen LogP contribution in [0.25, 0.3) is 0 Å². The number of nitrogens with zero attached hydrogens (tertiary/aromatic N) is 3. The predicted octanol–water partition coefficient (Wildman–Crippen LogP) is 1.70. The monoisotopic (exact) mass is 293 g/mol. The first kappa shape index (κ1) is 16.5. The van der Waals surface area contributed by atoms with Crippen LogP contribution in [0.15, 0.2) is 0 Å². The zero-order valence-electron chi connectivity index (χ0n) is 14.5. The summed E-state index contributed by atoms with van der Waals surface area (Å²) in [6, 6.07) is 0.363. The number of likely N-dealkylation sites (N-methyl/N-ethyl adjacent to an activating group) is 1. The van der Waals surface area contributed by atoms with Crippen LogP contribution in [0.5, 0.6) is 0 Å². The molecule has 1 aliphatic heterocycles. The standard InChI is InChI=1S/C16H31N5/c1-12-15(19-13(2)18-12)14(11-17-6)20-7-9-21(10-8-20)16(3,4)5/h14,17H,7-11H2,1-6H3,(H,18,19). The molecule has 5 nitrogen and oxygen atoms in total. The first-order valence-electron chi connectivity index (χ1n) is 7.99. The molecule has 1 aliphatic rings. The number of hydrogen-bond donors (Lipinski definition) is 2. The van der Waals surface area contributed by atoms with Gasteiger partial charge in [-0.1, -0.05) is 0 Å². The molecule has 1 aromatic rings. The molecule has 1 atom stereocenters. The van der Waals surface area contributed by atoms with E-state index in [0.29, 0.717) is 6.04 Å². The second kappa shape index (κ2) is 6.46. The van der Waals surface area contributed by atoms with Crippen LogP contribution in [0.1, 0.15) is 44.0 Å². The maximum absolute atomic E-state index is 4.72. The summed E-state index contributed by atoms with van der Waals surface area (Å²) in [7, 11) is 2.02. The number of aryl methyl sites for hydroxylation is 2. The van der Waals surface area contributed by atoms with Crippen molar-refractivity contribution in [2.75, 3.05) is 39.8 Å². The van der Waals surface area contributed by atoms with Crippen LogP contribution in [0.4, 0.5) is 0 Å². The summed E-state index contributed by atoms with van der Waals surface area (Å²) in [5.74, 6) is 1.01. The summed E-state index contributed by atoms with van der Waals surface area (Å²) in [6.45, 7) is 16.5. The van der Waals surface area contributed by atoms with Crippen molar-refractivity contribution < 1.29 is 0 Å². The van der Waals surface area contributed by atoms with E-state index in [9.17, 15) is 0 Å². The van der Waals surface area contributed by atoms with Crippen molar-refractivity contribution in [2.45, 2.75) is 46.2 Å². The largest absolute Gasteiger partial charge is 0.346 e. The van der Waals surface area contributed by atoms with E-state index in [4.69, 9.17) is 4.98 Å². The second-order valence-corrected chi connectivity index (χ2v) is 7.10. The number of aromatic amines is 1. The zero-order chi connectivity index (χ0) is 15.6. The maximum atomic E-state index is 4.72. The third-order valence-corrected chi connectivity index (χ3v) is 4.46. The fourth-order valence-corrected chi connectivity index (χ4v) is 3.25. The van der Waals surface area contributed by atoms with E-state index in [0.717, 1.165) is 38.5 Å². The summed E-state index contributed by atoms with van der Waals surface area (Å²) < 4.78 is 0. The van der Waals surface area contributed by atoms with E-state index in [2.05, 4.69) is 47.8 Å². The van der Waals surface area contributed by atoms with Crippen molar-refractivity contribution in [1.29, 1.82) is 0 Å². The number of nitrogens with one attached hydrogen (secondary N) is 2. The van der Waals surface area contributed by atoms with Gasteiger partial charge in [0.15, 0.2) is 0 Å². The maximum Gasteiger partial charge on any atom is 0.103 e. The molecular weight excluding hydrogens is 262 g/mol. The molecule has 0 aromatic carbocycles. The highest BCUT2D eigenvalue weighted by molar-refractivity contribution is 5.18. The van der Waals surface area contributed by atoms with Gasteiger partial charge in [-0.25, -0.2) is 4.98 Å². The first-order valence-corrected chi connectivity index (χ1v) is 7.99. The van der Waals surface area contributed by atoms with Crippen LogP contribution in [-0.4, -0.2) is 65.1 Å². The Balaban J connectivity index is 2.09. The fraction of sp³-hybridized carbons (Fsp3) is 0.812. The van der Waals surface area contributed by atoms with Gasteiger partial charge in [0.2, 0.25) is 0 Å². The van der Waals surface area contributed by atoms with Gasteiger partial charge in [-0.3, -0.25) is 9.80 Å². The minimum Gasteiger partial charge on any atom is -0.346 e. The van der Waals surface area contributed by atoms with Crippen LogP contribution < -0.4 is 5.32 Å². The van der Waals surface area contributed by atoms with Gasteiger partial charge in [-0.15, -0.1) is 0 Å². The smallest absolute Gasteiger partial charge is 0.103 e. The van der Waals surface area contributed by atoms with Gasteiger partial charge >= 0.3 is 0 Å². The first-order chi connectivity index (χ1) is 9.82. The van der Waals surface area contributed by atoms with Gasteiger partial charge in [-0.05, 0) is 41.7 Å². The molecular formula is C16H31N5. The van der Waals surface area contributed by atoms with Crippen molar-refractivity contribution in [3.8, 4) is 0 Å². The third-order valence-electron chi connectivity index (χ3n) is 4.46. The third kappa shape index (κ3) is 3.84. The van der Waals surface area contributed by atoms with Gasteiger partial charge < -0.3 is 10.3 Å². The minimum absolute atomic E-state index is 0.267. The highest BCUT2D eigenvalue weighted by atomic mass is 15.3. The summed E-state index contributed by atoms with van der Waals surface area (Å²) in [4.78, 5) is 13.2. The van der Waals surface area contributed by atoms with E-state index in [1.807, 2.05) is 14.0 Å². The molecule has 0 bridgehead atoms. The second-order valence-electron chi connectivity index (χ2n) is 7.10. The number of piperazine rings is 1. The normalized spacial score (nSPS) is 19.9. The fourth-order valence-electron chi connectivity index (χ4n) is 3.25. The molecule has 2 heterocycles. The van der Waals surface area contributed by atoms with Gasteiger partial charge in [0.05, 0.1) is 11.7 Å². The van der Waals surface area contributed by atoms with Crippen molar-refractivity contribution in [3.05, 3.63) is 17.2 Å². The average Bonchev–Trinajstić information content (AvgIpc) is 2.74. The van der Waals surface area contributed by atoms with Crippen molar-refractivity contribution in [2.24, 2.45) is 0 Å². The highest BCUT2D eigenvalue weighted by Gasteiger charge is 2.30. The Hall–Kier alpha value is -0.910. The molecule has 2 N–H and O–H groups in total. The molecule has 5 heteroatoms. The van der Waals surface area contributed by atoms with E-state index >= 15 is 0 Å². The Labute approximate surface area is 129 Å². The van der Waals surface area contributed by atoms with Gasteiger partial charge in [0.1, 0.15) is 5.82 Å². The summed E-state index contributed by atoms with van der Waals surface area (Å²) >= 11 is 0. The lowest BCUT2D eigenvalue weighted by Crippen LogP contribution is -2.54. The zero-order valence-corrected chi connectivity index (χ0v) is 14.5.